The lowest BCUT2D eigenvalue weighted by molar-refractivity contribution is -0.145. The summed E-state index contributed by atoms with van der Waals surface area (Å²) in [4.78, 5) is 36.1. The number of esters is 2. The van der Waals surface area contributed by atoms with E-state index in [0.717, 1.165) is 0 Å². The van der Waals surface area contributed by atoms with Gasteiger partial charge in [-0.1, -0.05) is 49.2 Å². The number of rotatable bonds is 11. The van der Waals surface area contributed by atoms with Gasteiger partial charge in [0.1, 0.15) is 17.5 Å². The fraction of sp³-hybridized carbons (Fsp3) is 0.348. The van der Waals surface area contributed by atoms with Gasteiger partial charge in [0, 0.05) is 6.42 Å². The van der Waals surface area contributed by atoms with Gasteiger partial charge in [0.05, 0.1) is 6.61 Å². The number of benzene rings is 2. The van der Waals surface area contributed by atoms with Gasteiger partial charge >= 0.3 is 18.0 Å². The van der Waals surface area contributed by atoms with Gasteiger partial charge in [-0.2, -0.15) is 0 Å². The average Bonchev–Trinajstić information content (AvgIpc) is 2.74. The molecular formula is C23H27NO6. The van der Waals surface area contributed by atoms with Crippen LogP contribution in [0.1, 0.15) is 39.0 Å². The van der Waals surface area contributed by atoms with Gasteiger partial charge in [-0.15, -0.1) is 0 Å². The van der Waals surface area contributed by atoms with Gasteiger partial charge in [-0.3, -0.25) is 4.79 Å². The number of nitrogens with one attached hydrogen (secondary N) is 1. The Hall–Kier alpha value is -3.35. The molecule has 2 aromatic rings. The maximum Gasteiger partial charge on any atom is 0.413 e. The Morgan fingerprint density at radius 3 is 2.03 bits per heavy atom. The fourth-order valence-corrected chi connectivity index (χ4v) is 2.72. The van der Waals surface area contributed by atoms with Crippen molar-refractivity contribution in [3.8, 4) is 11.5 Å². The lowest BCUT2D eigenvalue weighted by atomic mass is 10.1. The Morgan fingerprint density at radius 2 is 1.43 bits per heavy atom. The largest absolute Gasteiger partial charge is 0.464 e. The van der Waals surface area contributed by atoms with Gasteiger partial charge in [0.2, 0.25) is 0 Å². The molecule has 7 nitrogen and oxygen atoms in total. The van der Waals surface area contributed by atoms with Crippen LogP contribution in [0.25, 0.3) is 0 Å². The maximum absolute atomic E-state index is 12.1. The first-order valence-corrected chi connectivity index (χ1v) is 10.0. The second-order valence-electron chi connectivity index (χ2n) is 6.54. The summed E-state index contributed by atoms with van der Waals surface area (Å²) in [5.74, 6) is 0.0965. The van der Waals surface area contributed by atoms with Crippen LogP contribution in [0, 0.1) is 0 Å². The zero-order chi connectivity index (χ0) is 21.6. The third-order valence-electron chi connectivity index (χ3n) is 4.17. The van der Waals surface area contributed by atoms with Crippen LogP contribution in [0.2, 0.25) is 0 Å². The molecule has 0 saturated heterocycles. The first-order valence-electron chi connectivity index (χ1n) is 10.0. The van der Waals surface area contributed by atoms with E-state index in [0.29, 0.717) is 37.2 Å². The number of carbonyl (C=O) groups is 3. The van der Waals surface area contributed by atoms with Gasteiger partial charge in [0.15, 0.2) is 0 Å². The number of carbonyl (C=O) groups excluding carboxylic acids is 3. The molecule has 1 N–H and O–H groups in total. The molecule has 2 aromatic carbocycles. The number of unbranched alkanes of at least 4 members (excludes halogenated alkanes) is 2. The van der Waals surface area contributed by atoms with Crippen molar-refractivity contribution in [2.45, 2.75) is 45.1 Å². The molecule has 0 heterocycles. The number of para-hydroxylation sites is 2. The molecular weight excluding hydrogens is 386 g/mol. The van der Waals surface area contributed by atoms with E-state index in [1.807, 2.05) is 12.1 Å². The van der Waals surface area contributed by atoms with E-state index in [1.165, 1.54) is 0 Å². The third kappa shape index (κ3) is 8.77. The van der Waals surface area contributed by atoms with Crippen molar-refractivity contribution in [2.24, 2.45) is 0 Å². The van der Waals surface area contributed by atoms with E-state index >= 15 is 0 Å². The van der Waals surface area contributed by atoms with Crippen molar-refractivity contribution < 1.29 is 28.6 Å². The number of amides is 1. The van der Waals surface area contributed by atoms with E-state index in [-0.39, 0.29) is 19.0 Å². The summed E-state index contributed by atoms with van der Waals surface area (Å²) >= 11 is 0. The summed E-state index contributed by atoms with van der Waals surface area (Å²) in [6.07, 6.45) is 1.91. The second kappa shape index (κ2) is 13.0. The van der Waals surface area contributed by atoms with Crippen molar-refractivity contribution >= 4 is 18.0 Å². The van der Waals surface area contributed by atoms with Gasteiger partial charge in [0.25, 0.3) is 0 Å². The second-order valence-corrected chi connectivity index (χ2v) is 6.54. The van der Waals surface area contributed by atoms with Crippen molar-refractivity contribution in [2.75, 3.05) is 6.61 Å². The highest BCUT2D eigenvalue weighted by Crippen LogP contribution is 2.13. The van der Waals surface area contributed by atoms with E-state index < -0.39 is 18.1 Å². The van der Waals surface area contributed by atoms with Crippen LogP contribution < -0.4 is 14.8 Å². The fourth-order valence-electron chi connectivity index (χ4n) is 2.72. The first-order chi connectivity index (χ1) is 14.6. The molecule has 0 spiro atoms. The van der Waals surface area contributed by atoms with Crippen LogP contribution in [-0.4, -0.2) is 30.7 Å². The number of ether oxygens (including phenoxy) is 3. The van der Waals surface area contributed by atoms with Crippen LogP contribution in [0.15, 0.2) is 60.7 Å². The van der Waals surface area contributed by atoms with Crippen molar-refractivity contribution in [1.29, 1.82) is 0 Å². The molecule has 2 rings (SSSR count). The topological polar surface area (TPSA) is 90.9 Å². The van der Waals surface area contributed by atoms with Crippen molar-refractivity contribution in [1.82, 2.24) is 5.32 Å². The Morgan fingerprint density at radius 1 is 0.833 bits per heavy atom. The molecule has 0 aromatic heterocycles. The maximum atomic E-state index is 12.1. The molecule has 160 valence electrons. The summed E-state index contributed by atoms with van der Waals surface area (Å²) in [6, 6.07) is 16.7. The number of hydrogen-bond acceptors (Lipinski definition) is 6. The van der Waals surface area contributed by atoms with E-state index in [1.54, 1.807) is 55.5 Å². The summed E-state index contributed by atoms with van der Waals surface area (Å²) in [5, 5.41) is 2.56. The molecule has 1 unspecified atom stereocenters. The van der Waals surface area contributed by atoms with Crippen LogP contribution in [0.3, 0.4) is 0 Å². The Balaban J connectivity index is 1.72. The molecule has 1 amide bonds. The lowest BCUT2D eigenvalue weighted by Gasteiger charge is -2.17. The SMILES string of the molecule is CCOC(=O)C(CCCCCC(=O)Oc1ccccc1)NC(=O)Oc1ccccc1. The molecule has 0 aliphatic carbocycles. The quantitative estimate of drug-likeness (QED) is 0.336. The smallest absolute Gasteiger partial charge is 0.413 e. The normalized spacial score (nSPS) is 11.2. The van der Waals surface area contributed by atoms with Crippen LogP contribution in [0.5, 0.6) is 11.5 Å². The van der Waals surface area contributed by atoms with Gasteiger partial charge in [-0.05, 0) is 44.0 Å². The minimum atomic E-state index is -0.808. The average molecular weight is 413 g/mol. The first kappa shape index (κ1) is 22.9. The van der Waals surface area contributed by atoms with Crippen molar-refractivity contribution in [3.05, 3.63) is 60.7 Å². The predicted molar refractivity (Wildman–Crippen MR) is 111 cm³/mol. The molecule has 7 heteroatoms. The molecule has 0 aliphatic heterocycles. The standard InChI is InChI=1S/C23H27NO6/c1-2-28-22(26)20(24-23(27)30-19-14-8-4-9-15-19)16-10-5-11-17-21(25)29-18-12-6-3-7-13-18/h3-4,6-9,12-15,20H,2,5,10-11,16-17H2,1H3,(H,24,27). The summed E-state index contributed by atoms with van der Waals surface area (Å²) in [5.41, 5.74) is 0. The van der Waals surface area contributed by atoms with Crippen LogP contribution in [-0.2, 0) is 14.3 Å². The molecule has 0 radical (unpaired) electrons. The molecule has 30 heavy (non-hydrogen) atoms. The summed E-state index contributed by atoms with van der Waals surface area (Å²) in [7, 11) is 0. The molecule has 0 fully saturated rings. The zero-order valence-electron chi connectivity index (χ0n) is 17.0. The zero-order valence-corrected chi connectivity index (χ0v) is 17.0. The summed E-state index contributed by atoms with van der Waals surface area (Å²) < 4.78 is 15.4. The Kier molecular flexibility index (Phi) is 9.92. The monoisotopic (exact) mass is 413 g/mol. The minimum absolute atomic E-state index is 0.218. The number of hydrogen-bond donors (Lipinski definition) is 1. The molecule has 0 aliphatic rings. The molecule has 1 atom stereocenters. The Labute approximate surface area is 176 Å². The van der Waals surface area contributed by atoms with Gasteiger partial charge < -0.3 is 19.5 Å². The summed E-state index contributed by atoms with van der Waals surface area (Å²) in [6.45, 7) is 1.92. The van der Waals surface area contributed by atoms with Crippen molar-refractivity contribution in [3.63, 3.8) is 0 Å². The van der Waals surface area contributed by atoms with Gasteiger partial charge in [-0.25, -0.2) is 9.59 Å². The van der Waals surface area contributed by atoms with E-state index in [4.69, 9.17) is 14.2 Å². The molecule has 0 saturated carbocycles. The lowest BCUT2D eigenvalue weighted by Crippen LogP contribution is -2.43. The van der Waals surface area contributed by atoms with E-state index in [2.05, 4.69) is 5.32 Å². The highest BCUT2D eigenvalue weighted by atomic mass is 16.6. The molecule has 0 bridgehead atoms. The Bertz CT molecular complexity index is 794. The van der Waals surface area contributed by atoms with E-state index in [9.17, 15) is 14.4 Å². The third-order valence-corrected chi connectivity index (χ3v) is 4.17. The highest BCUT2D eigenvalue weighted by molar-refractivity contribution is 5.82. The minimum Gasteiger partial charge on any atom is -0.464 e. The predicted octanol–water partition coefficient (Wildman–Crippen LogP) is 4.26. The highest BCUT2D eigenvalue weighted by Gasteiger charge is 2.22. The van der Waals surface area contributed by atoms with Crippen LogP contribution in [0.4, 0.5) is 4.79 Å². The van der Waals surface area contributed by atoms with Crippen LogP contribution >= 0.6 is 0 Å².